The molecule has 2 saturated heterocycles. The fourth-order valence-electron chi connectivity index (χ4n) is 7.20. The average Bonchev–Trinajstić information content (AvgIpc) is 3.91. The molecule has 0 spiro atoms. The number of rotatable bonds is 27. The normalized spacial score (nSPS) is 19.0. The number of likely N-dealkylation sites (tertiary alicyclic amines) is 2. The summed E-state index contributed by atoms with van der Waals surface area (Å²) in [5.74, 6) is -8.13. The maximum absolute atomic E-state index is 14.2. The van der Waals surface area contributed by atoms with E-state index in [4.69, 9.17) is 22.9 Å². The van der Waals surface area contributed by atoms with E-state index >= 15 is 0 Å². The Morgan fingerprint density at radius 2 is 1.23 bits per heavy atom. The Labute approximate surface area is 371 Å². The van der Waals surface area contributed by atoms with Gasteiger partial charge in [-0.25, -0.2) is 4.79 Å². The van der Waals surface area contributed by atoms with Gasteiger partial charge in [0, 0.05) is 18.8 Å². The van der Waals surface area contributed by atoms with Crippen LogP contribution in [0.1, 0.15) is 84.5 Å². The minimum atomic E-state index is -1.62. The summed E-state index contributed by atoms with van der Waals surface area (Å²) in [6, 6.07) is -9.83. The molecule has 2 rings (SSSR count). The molecule has 0 aromatic carbocycles. The number of nitrogens with two attached hydrogens (primary N) is 4. The highest BCUT2D eigenvalue weighted by Crippen LogP contribution is 2.26. The zero-order valence-corrected chi connectivity index (χ0v) is 37.3. The molecule has 350 valence electrons. The number of carbonyl (C=O) groups excluding carboxylic acids is 9. The van der Waals surface area contributed by atoms with Crippen molar-refractivity contribution >= 4 is 83.5 Å². The standard InChI is InChI=1S/C38H65N11O11S2/c1-20(2)16-24(45-33(54)23(11-15-62-3)44-32(53)22(8-4-5-12-39)43-31(52)21(40)19-61)34(55)46-25(17-29(41)50)36(57)49-14-7-10-28(49)37(58)48-13-6-9-27(48)35(56)47-26(38(59)60)18-30(42)51/h20-28,61H,4-19,39-40H2,1-3H3,(H2,41,50)(H2,42,51)(H,43,52)(H,44,53)(H,45,54)(H,46,55)(H,47,56)(H,59,60)/t21-,22-,23-,24-,25-,26-,27-,28-/m0/s1. The first-order valence-electron chi connectivity index (χ1n) is 20.7. The van der Waals surface area contributed by atoms with Crippen LogP contribution in [0.4, 0.5) is 0 Å². The van der Waals surface area contributed by atoms with Crippen molar-refractivity contribution in [1.82, 2.24) is 36.4 Å². The topological polar surface area (TPSA) is 362 Å². The monoisotopic (exact) mass is 915 g/mol. The highest BCUT2D eigenvalue weighted by atomic mass is 32.2. The largest absolute Gasteiger partial charge is 0.480 e. The number of thiol groups is 1. The number of carboxylic acids is 1. The van der Waals surface area contributed by atoms with Crippen molar-refractivity contribution < 1.29 is 53.1 Å². The Bertz CT molecular complexity index is 1620. The predicted molar refractivity (Wildman–Crippen MR) is 232 cm³/mol. The third-order valence-electron chi connectivity index (χ3n) is 10.4. The van der Waals surface area contributed by atoms with Gasteiger partial charge in [0.1, 0.15) is 42.3 Å². The van der Waals surface area contributed by atoms with E-state index in [9.17, 15) is 53.1 Å². The molecule has 24 heteroatoms. The third-order valence-corrected chi connectivity index (χ3v) is 11.4. The molecule has 0 radical (unpaired) electrons. The van der Waals surface area contributed by atoms with Crippen LogP contribution in [0.25, 0.3) is 0 Å². The lowest BCUT2D eigenvalue weighted by molar-refractivity contribution is -0.149. The molecule has 9 amide bonds. The van der Waals surface area contributed by atoms with Crippen molar-refractivity contribution in [3.05, 3.63) is 0 Å². The predicted octanol–water partition coefficient (Wildman–Crippen LogP) is -3.59. The summed E-state index contributed by atoms with van der Waals surface area (Å²) in [6.45, 7) is 4.12. The fourth-order valence-corrected chi connectivity index (χ4v) is 7.84. The Morgan fingerprint density at radius 1 is 0.710 bits per heavy atom. The SMILES string of the molecule is CSCC[C@H](NC(=O)[C@H](CCCCN)NC(=O)[C@@H](N)CS)C(=O)N[C@@H](CC(C)C)C(=O)N[C@@H](CC(N)=O)C(=O)N1CCC[C@H]1C(=O)N1CCC[C@H]1C(=O)N[C@@H](CC(N)=O)C(=O)O. The maximum atomic E-state index is 14.2. The van der Waals surface area contributed by atoms with Gasteiger partial charge in [0.05, 0.1) is 18.9 Å². The van der Waals surface area contributed by atoms with E-state index in [2.05, 4.69) is 39.2 Å². The van der Waals surface area contributed by atoms with Crippen LogP contribution in [-0.2, 0) is 47.9 Å². The summed E-state index contributed by atoms with van der Waals surface area (Å²) in [4.78, 5) is 133. The molecule has 62 heavy (non-hydrogen) atoms. The molecule has 22 nitrogen and oxygen atoms in total. The van der Waals surface area contributed by atoms with Crippen LogP contribution in [0.5, 0.6) is 0 Å². The van der Waals surface area contributed by atoms with Gasteiger partial charge < -0.3 is 64.4 Å². The summed E-state index contributed by atoms with van der Waals surface area (Å²) in [5.41, 5.74) is 22.1. The molecule has 0 bridgehead atoms. The van der Waals surface area contributed by atoms with Gasteiger partial charge in [-0.1, -0.05) is 13.8 Å². The number of carbonyl (C=O) groups is 10. The zero-order valence-electron chi connectivity index (χ0n) is 35.6. The van der Waals surface area contributed by atoms with Gasteiger partial charge in [-0.2, -0.15) is 24.4 Å². The Hall–Kier alpha value is -4.68. The number of amides is 9. The molecular formula is C38H65N11O11S2. The number of nitrogens with one attached hydrogen (secondary N) is 5. The number of aliphatic carboxylic acids is 1. The van der Waals surface area contributed by atoms with Crippen molar-refractivity contribution in [2.45, 2.75) is 133 Å². The molecular weight excluding hydrogens is 851 g/mol. The van der Waals surface area contributed by atoms with Crippen LogP contribution >= 0.6 is 24.4 Å². The van der Waals surface area contributed by atoms with Crippen LogP contribution in [0.2, 0.25) is 0 Å². The highest BCUT2D eigenvalue weighted by molar-refractivity contribution is 7.98. The summed E-state index contributed by atoms with van der Waals surface area (Å²) in [5, 5.41) is 22.3. The Balaban J connectivity index is 2.31. The molecule has 0 saturated carbocycles. The van der Waals surface area contributed by atoms with Crippen molar-refractivity contribution in [3.63, 3.8) is 0 Å². The van der Waals surface area contributed by atoms with Crippen LogP contribution < -0.4 is 49.5 Å². The van der Waals surface area contributed by atoms with Crippen LogP contribution in [0.15, 0.2) is 0 Å². The smallest absolute Gasteiger partial charge is 0.326 e. The number of primary amides is 2. The molecule has 2 aliphatic rings. The van der Waals surface area contributed by atoms with Gasteiger partial charge in [0.2, 0.25) is 53.2 Å². The van der Waals surface area contributed by atoms with Gasteiger partial charge >= 0.3 is 5.97 Å². The summed E-state index contributed by atoms with van der Waals surface area (Å²) >= 11 is 5.46. The Morgan fingerprint density at radius 3 is 1.77 bits per heavy atom. The Kier molecular flexibility index (Phi) is 23.0. The van der Waals surface area contributed by atoms with Gasteiger partial charge in [-0.15, -0.1) is 0 Å². The number of thioether (sulfide) groups is 1. The van der Waals surface area contributed by atoms with Gasteiger partial charge in [-0.05, 0) is 82.3 Å². The lowest BCUT2D eigenvalue weighted by Crippen LogP contribution is -2.60. The zero-order chi connectivity index (χ0) is 46.7. The number of hydrogen-bond acceptors (Lipinski definition) is 14. The van der Waals surface area contributed by atoms with Crippen LogP contribution in [0.3, 0.4) is 0 Å². The molecule has 2 heterocycles. The van der Waals surface area contributed by atoms with E-state index in [0.29, 0.717) is 38.0 Å². The van der Waals surface area contributed by atoms with Gasteiger partial charge in [0.25, 0.3) is 0 Å². The number of unbranched alkanes of at least 4 members (excludes halogenated alkanes) is 1. The van der Waals surface area contributed by atoms with E-state index < -0.39 is 120 Å². The fraction of sp³-hybridized carbons (Fsp3) is 0.737. The van der Waals surface area contributed by atoms with Gasteiger partial charge in [-0.3, -0.25) is 43.2 Å². The van der Waals surface area contributed by atoms with E-state index in [1.165, 1.54) is 21.6 Å². The summed E-state index contributed by atoms with van der Waals surface area (Å²) in [7, 11) is 0. The minimum Gasteiger partial charge on any atom is -0.480 e. The highest BCUT2D eigenvalue weighted by Gasteiger charge is 2.45. The van der Waals surface area contributed by atoms with Crippen molar-refractivity contribution in [2.24, 2.45) is 28.9 Å². The summed E-state index contributed by atoms with van der Waals surface area (Å²) < 4.78 is 0. The summed E-state index contributed by atoms with van der Waals surface area (Å²) in [6.07, 6.45) is 3.09. The van der Waals surface area contributed by atoms with E-state index in [-0.39, 0.29) is 56.9 Å². The third kappa shape index (κ3) is 16.9. The van der Waals surface area contributed by atoms with Crippen LogP contribution in [0, 0.1) is 5.92 Å². The molecule has 0 unspecified atom stereocenters. The second kappa shape index (κ2) is 26.7. The van der Waals surface area contributed by atoms with Crippen molar-refractivity contribution in [1.29, 1.82) is 0 Å². The molecule has 14 N–H and O–H groups in total. The average molecular weight is 916 g/mol. The second-order valence-electron chi connectivity index (χ2n) is 15.8. The molecule has 0 aromatic heterocycles. The lowest BCUT2D eigenvalue weighted by Gasteiger charge is -2.33. The minimum absolute atomic E-state index is 0.0302. The van der Waals surface area contributed by atoms with Gasteiger partial charge in [0.15, 0.2) is 0 Å². The first-order valence-corrected chi connectivity index (χ1v) is 22.8. The second-order valence-corrected chi connectivity index (χ2v) is 17.2. The van der Waals surface area contributed by atoms with E-state index in [1.807, 2.05) is 0 Å². The van der Waals surface area contributed by atoms with E-state index in [0.717, 1.165) is 0 Å². The first-order chi connectivity index (χ1) is 29.2. The molecule has 8 atom stereocenters. The van der Waals surface area contributed by atoms with Crippen LogP contribution in [-0.4, -0.2) is 160 Å². The number of hydrogen-bond donors (Lipinski definition) is 11. The van der Waals surface area contributed by atoms with Crippen molar-refractivity contribution in [3.8, 4) is 0 Å². The number of carboxylic acid groups (broad SMARTS) is 1. The molecule has 2 fully saturated rings. The quantitative estimate of drug-likeness (QED) is 0.0281. The van der Waals surface area contributed by atoms with E-state index in [1.54, 1.807) is 20.1 Å². The molecule has 0 aliphatic carbocycles. The first kappa shape index (κ1) is 53.5. The molecule has 2 aliphatic heterocycles. The maximum Gasteiger partial charge on any atom is 0.326 e. The molecule has 0 aromatic rings. The number of nitrogens with zero attached hydrogens (tertiary/aromatic N) is 2. The lowest BCUT2D eigenvalue weighted by atomic mass is 10.0. The van der Waals surface area contributed by atoms with Crippen molar-refractivity contribution in [2.75, 3.05) is 37.4 Å².